The molecule has 1 aliphatic heterocycles. The van der Waals surface area contributed by atoms with Crippen molar-refractivity contribution >= 4 is 18.3 Å². The van der Waals surface area contributed by atoms with Gasteiger partial charge in [-0.15, -0.1) is 12.4 Å². The Morgan fingerprint density at radius 2 is 1.92 bits per heavy atom. The Morgan fingerprint density at radius 1 is 1.17 bits per heavy atom. The minimum atomic E-state index is 0. The highest BCUT2D eigenvalue weighted by atomic mass is 35.5. The normalized spacial score (nSPS) is 19.7. The fraction of sp³-hybridized carbons (Fsp3) is 0.824. The number of nitrogens with zero attached hydrogens (tertiary/aromatic N) is 2. The summed E-state index contributed by atoms with van der Waals surface area (Å²) in [4.78, 5) is 16.4. The molecule has 3 rings (SSSR count). The number of nitrogens with one attached hydrogen (secondary N) is 2. The molecule has 1 aromatic rings. The lowest BCUT2D eigenvalue weighted by molar-refractivity contribution is -0.121. The summed E-state index contributed by atoms with van der Waals surface area (Å²) in [7, 11) is 0. The molecule has 6 nitrogen and oxygen atoms in total. The summed E-state index contributed by atoms with van der Waals surface area (Å²) in [6.07, 6.45) is 10.5. The lowest BCUT2D eigenvalue weighted by Gasteiger charge is -2.22. The Balaban J connectivity index is 0.00000208. The summed E-state index contributed by atoms with van der Waals surface area (Å²) >= 11 is 0. The molecule has 1 aromatic heterocycles. The molecule has 1 saturated heterocycles. The molecule has 1 aliphatic carbocycles. The number of aromatic nitrogens is 2. The SMILES string of the molecule is Cl.O=C(Cc1noc(CCC2CCNCC2)n1)NC1CCCCC1. The van der Waals surface area contributed by atoms with Crippen LogP contribution in [0.4, 0.5) is 0 Å². The molecule has 0 atom stereocenters. The zero-order chi connectivity index (χ0) is 15.9. The zero-order valence-corrected chi connectivity index (χ0v) is 15.1. The first-order valence-corrected chi connectivity index (χ1v) is 9.11. The Kier molecular flexibility index (Phi) is 7.99. The fourth-order valence-corrected chi connectivity index (χ4v) is 3.63. The molecule has 0 bridgehead atoms. The number of carbonyl (C=O) groups is 1. The Bertz CT molecular complexity index is 497. The Morgan fingerprint density at radius 3 is 2.67 bits per heavy atom. The maximum absolute atomic E-state index is 12.1. The van der Waals surface area contributed by atoms with Gasteiger partial charge >= 0.3 is 0 Å². The molecule has 24 heavy (non-hydrogen) atoms. The predicted octanol–water partition coefficient (Wildman–Crippen LogP) is 2.42. The second-order valence-corrected chi connectivity index (χ2v) is 6.92. The van der Waals surface area contributed by atoms with E-state index in [9.17, 15) is 4.79 Å². The number of rotatable bonds is 6. The number of amides is 1. The van der Waals surface area contributed by atoms with Crippen LogP contribution < -0.4 is 10.6 Å². The van der Waals surface area contributed by atoms with E-state index in [1.165, 1.54) is 32.1 Å². The summed E-state index contributed by atoms with van der Waals surface area (Å²) < 4.78 is 5.29. The third-order valence-electron chi connectivity index (χ3n) is 5.02. The van der Waals surface area contributed by atoms with E-state index in [0.717, 1.165) is 44.7 Å². The third-order valence-corrected chi connectivity index (χ3v) is 5.02. The first kappa shape index (κ1) is 19.2. The number of hydrogen-bond acceptors (Lipinski definition) is 5. The quantitative estimate of drug-likeness (QED) is 0.818. The first-order valence-electron chi connectivity index (χ1n) is 9.11. The predicted molar refractivity (Wildman–Crippen MR) is 94.2 cm³/mol. The van der Waals surface area contributed by atoms with Crippen molar-refractivity contribution < 1.29 is 9.32 Å². The van der Waals surface area contributed by atoms with Gasteiger partial charge in [-0.2, -0.15) is 4.98 Å². The van der Waals surface area contributed by atoms with E-state index in [-0.39, 0.29) is 24.7 Å². The van der Waals surface area contributed by atoms with Crippen LogP contribution in [0.5, 0.6) is 0 Å². The van der Waals surface area contributed by atoms with Crippen molar-refractivity contribution in [3.8, 4) is 0 Å². The van der Waals surface area contributed by atoms with Crippen molar-refractivity contribution in [2.75, 3.05) is 13.1 Å². The van der Waals surface area contributed by atoms with Gasteiger partial charge in [-0.3, -0.25) is 4.79 Å². The zero-order valence-electron chi connectivity index (χ0n) is 14.3. The van der Waals surface area contributed by atoms with Crippen LogP contribution >= 0.6 is 12.4 Å². The standard InChI is InChI=1S/C17H28N4O2.ClH/c22-16(19-14-4-2-1-3-5-14)12-15-20-17(23-21-15)7-6-13-8-10-18-11-9-13;/h13-14,18H,1-12H2,(H,19,22);1H. The molecule has 0 radical (unpaired) electrons. The lowest BCUT2D eigenvalue weighted by atomic mass is 9.93. The van der Waals surface area contributed by atoms with Crippen molar-refractivity contribution in [3.05, 3.63) is 11.7 Å². The summed E-state index contributed by atoms with van der Waals surface area (Å²) in [5, 5.41) is 10.4. The van der Waals surface area contributed by atoms with E-state index >= 15 is 0 Å². The molecular weight excluding hydrogens is 328 g/mol. The topological polar surface area (TPSA) is 80.1 Å². The van der Waals surface area contributed by atoms with Crippen molar-refractivity contribution in [1.82, 2.24) is 20.8 Å². The van der Waals surface area contributed by atoms with E-state index in [1.807, 2.05) is 0 Å². The summed E-state index contributed by atoms with van der Waals surface area (Å²) in [5.74, 6) is 1.95. The Hall–Kier alpha value is -1.14. The fourth-order valence-electron chi connectivity index (χ4n) is 3.63. The third kappa shape index (κ3) is 6.06. The van der Waals surface area contributed by atoms with Gasteiger partial charge in [-0.25, -0.2) is 0 Å². The number of halogens is 1. The van der Waals surface area contributed by atoms with Gasteiger partial charge in [-0.05, 0) is 51.1 Å². The lowest BCUT2D eigenvalue weighted by Crippen LogP contribution is -2.37. The molecule has 0 spiro atoms. The molecular formula is C17H29ClN4O2. The van der Waals surface area contributed by atoms with Crippen LogP contribution in [-0.4, -0.2) is 35.2 Å². The van der Waals surface area contributed by atoms with Crippen LogP contribution in [0.3, 0.4) is 0 Å². The number of hydrogen-bond donors (Lipinski definition) is 2. The van der Waals surface area contributed by atoms with Gasteiger partial charge in [0.1, 0.15) is 0 Å². The smallest absolute Gasteiger partial charge is 0.228 e. The molecule has 1 saturated carbocycles. The van der Waals surface area contributed by atoms with Crippen molar-refractivity contribution in [3.63, 3.8) is 0 Å². The molecule has 0 unspecified atom stereocenters. The highest BCUT2D eigenvalue weighted by Gasteiger charge is 2.18. The van der Waals surface area contributed by atoms with Crippen LogP contribution in [0.25, 0.3) is 0 Å². The monoisotopic (exact) mass is 356 g/mol. The van der Waals surface area contributed by atoms with Gasteiger partial charge in [-0.1, -0.05) is 24.4 Å². The molecule has 2 fully saturated rings. The first-order chi connectivity index (χ1) is 11.3. The van der Waals surface area contributed by atoms with Crippen LogP contribution in [0.2, 0.25) is 0 Å². The molecule has 1 amide bonds. The molecule has 2 aliphatic rings. The van der Waals surface area contributed by atoms with Crippen molar-refractivity contribution in [2.24, 2.45) is 5.92 Å². The number of piperidine rings is 1. The second kappa shape index (κ2) is 9.99. The van der Waals surface area contributed by atoms with Crippen molar-refractivity contribution in [2.45, 2.75) is 70.3 Å². The van der Waals surface area contributed by atoms with Gasteiger partial charge in [0.05, 0.1) is 6.42 Å². The van der Waals surface area contributed by atoms with Gasteiger partial charge in [0.2, 0.25) is 11.8 Å². The molecule has 2 N–H and O–H groups in total. The number of carbonyl (C=O) groups excluding carboxylic acids is 1. The minimum absolute atomic E-state index is 0. The van der Waals surface area contributed by atoms with E-state index < -0.39 is 0 Å². The average Bonchev–Trinajstić information content (AvgIpc) is 3.02. The molecule has 2 heterocycles. The summed E-state index contributed by atoms with van der Waals surface area (Å²) in [6.45, 7) is 2.22. The molecule has 0 aromatic carbocycles. The average molecular weight is 357 g/mol. The maximum atomic E-state index is 12.1. The van der Waals surface area contributed by atoms with E-state index in [1.54, 1.807) is 0 Å². The largest absolute Gasteiger partial charge is 0.353 e. The van der Waals surface area contributed by atoms with Crippen LogP contribution in [0, 0.1) is 5.92 Å². The van der Waals surface area contributed by atoms with E-state index in [2.05, 4.69) is 20.8 Å². The van der Waals surface area contributed by atoms with Gasteiger partial charge in [0.25, 0.3) is 0 Å². The molecule has 136 valence electrons. The van der Waals surface area contributed by atoms with E-state index in [4.69, 9.17) is 4.52 Å². The van der Waals surface area contributed by atoms with Crippen LogP contribution in [0.1, 0.15) is 63.1 Å². The molecule has 7 heteroatoms. The van der Waals surface area contributed by atoms with E-state index in [0.29, 0.717) is 17.8 Å². The highest BCUT2D eigenvalue weighted by molar-refractivity contribution is 5.85. The van der Waals surface area contributed by atoms with Crippen LogP contribution in [0.15, 0.2) is 4.52 Å². The van der Waals surface area contributed by atoms with Gasteiger partial charge in [0, 0.05) is 12.5 Å². The highest BCUT2D eigenvalue weighted by Crippen LogP contribution is 2.19. The maximum Gasteiger partial charge on any atom is 0.228 e. The van der Waals surface area contributed by atoms with Gasteiger partial charge < -0.3 is 15.2 Å². The van der Waals surface area contributed by atoms with Gasteiger partial charge in [0.15, 0.2) is 5.82 Å². The number of aryl methyl sites for hydroxylation is 1. The Labute approximate surface area is 149 Å². The minimum Gasteiger partial charge on any atom is -0.353 e. The summed E-state index contributed by atoms with van der Waals surface area (Å²) in [5.41, 5.74) is 0. The summed E-state index contributed by atoms with van der Waals surface area (Å²) in [6, 6.07) is 0.336. The second-order valence-electron chi connectivity index (χ2n) is 6.92. The van der Waals surface area contributed by atoms with Crippen molar-refractivity contribution in [1.29, 1.82) is 0 Å². The van der Waals surface area contributed by atoms with Crippen LogP contribution in [-0.2, 0) is 17.6 Å².